The van der Waals surface area contributed by atoms with Gasteiger partial charge >= 0.3 is 5.97 Å². The highest BCUT2D eigenvalue weighted by Gasteiger charge is 2.24. The van der Waals surface area contributed by atoms with Crippen LogP contribution >= 0.6 is 0 Å². The lowest BCUT2D eigenvalue weighted by molar-refractivity contribution is 0.0323. The van der Waals surface area contributed by atoms with E-state index in [4.69, 9.17) is 10.5 Å². The number of likely N-dealkylation sites (N-methyl/N-ethyl adjacent to an activating group) is 1. The quantitative estimate of drug-likeness (QED) is 0.636. The van der Waals surface area contributed by atoms with Crippen molar-refractivity contribution in [3.63, 3.8) is 0 Å². The number of ether oxygens (including phenoxy) is 1. The number of benzene rings is 1. The summed E-state index contributed by atoms with van der Waals surface area (Å²) in [6.07, 6.45) is 0.953. The van der Waals surface area contributed by atoms with E-state index in [0.717, 1.165) is 26.1 Å². The molecule has 0 saturated carbocycles. The van der Waals surface area contributed by atoms with Gasteiger partial charge in [0.25, 0.3) is 0 Å². The minimum absolute atomic E-state index is 0.0278. The Kier molecular flexibility index (Phi) is 3.64. The molecule has 4 heteroatoms. The first kappa shape index (κ1) is 11.9. The fourth-order valence-corrected chi connectivity index (χ4v) is 2.02. The van der Waals surface area contributed by atoms with Crippen molar-refractivity contribution >= 4 is 11.7 Å². The lowest BCUT2D eigenvalue weighted by Gasteiger charge is -2.14. The molecule has 1 aromatic rings. The molecule has 4 nitrogen and oxygen atoms in total. The largest absolute Gasteiger partial charge is 0.457 e. The number of hydrogen-bond donors (Lipinski definition) is 1. The van der Waals surface area contributed by atoms with Crippen molar-refractivity contribution in [2.75, 3.05) is 25.4 Å². The highest BCUT2D eigenvalue weighted by molar-refractivity contribution is 5.89. The van der Waals surface area contributed by atoms with Gasteiger partial charge in [-0.2, -0.15) is 0 Å². The smallest absolute Gasteiger partial charge is 0.338 e. The van der Waals surface area contributed by atoms with Gasteiger partial charge in [0.05, 0.1) is 5.56 Å². The van der Waals surface area contributed by atoms with Gasteiger partial charge in [0, 0.05) is 18.8 Å². The van der Waals surface area contributed by atoms with Crippen LogP contribution in [0.25, 0.3) is 0 Å². The first-order valence-electron chi connectivity index (χ1n) is 5.98. The minimum Gasteiger partial charge on any atom is -0.457 e. The molecule has 17 heavy (non-hydrogen) atoms. The molecule has 1 saturated heterocycles. The third-order valence-electron chi connectivity index (χ3n) is 3.10. The number of anilines is 1. The molecular formula is C13H18N2O2. The van der Waals surface area contributed by atoms with E-state index in [9.17, 15) is 4.79 Å². The maximum absolute atomic E-state index is 11.8. The van der Waals surface area contributed by atoms with Gasteiger partial charge in [0.2, 0.25) is 0 Å². The molecule has 1 aromatic carbocycles. The van der Waals surface area contributed by atoms with E-state index in [1.54, 1.807) is 24.3 Å². The molecule has 0 radical (unpaired) electrons. The third-order valence-corrected chi connectivity index (χ3v) is 3.10. The first-order chi connectivity index (χ1) is 8.19. The molecular weight excluding hydrogens is 216 g/mol. The van der Waals surface area contributed by atoms with Gasteiger partial charge < -0.3 is 10.5 Å². The number of hydrogen-bond acceptors (Lipinski definition) is 4. The van der Waals surface area contributed by atoms with Crippen molar-refractivity contribution < 1.29 is 9.53 Å². The van der Waals surface area contributed by atoms with E-state index in [0.29, 0.717) is 11.3 Å². The molecule has 0 spiro atoms. The Bertz CT molecular complexity index is 389. The average Bonchev–Trinajstić information content (AvgIpc) is 2.77. The molecule has 1 aliphatic rings. The van der Waals surface area contributed by atoms with Crippen molar-refractivity contribution in [3.05, 3.63) is 29.8 Å². The molecule has 1 unspecified atom stereocenters. The summed E-state index contributed by atoms with van der Waals surface area (Å²) >= 11 is 0. The number of nitrogen functional groups attached to an aromatic ring is 1. The number of nitrogens with zero attached hydrogens (tertiary/aromatic N) is 1. The van der Waals surface area contributed by atoms with Crippen molar-refractivity contribution in [2.24, 2.45) is 0 Å². The molecule has 2 rings (SSSR count). The van der Waals surface area contributed by atoms with E-state index in [-0.39, 0.29) is 12.1 Å². The summed E-state index contributed by atoms with van der Waals surface area (Å²) in [5.74, 6) is -0.257. The number of carbonyl (C=O) groups is 1. The number of esters is 1. The van der Waals surface area contributed by atoms with Gasteiger partial charge in [-0.3, -0.25) is 4.90 Å². The molecule has 2 N–H and O–H groups in total. The standard InChI is InChI=1S/C13H18N2O2/c1-2-15-8-7-12(9-15)17-13(16)10-3-5-11(14)6-4-10/h3-6,12H,2,7-9,14H2,1H3. The zero-order valence-corrected chi connectivity index (χ0v) is 10.1. The average molecular weight is 234 g/mol. The van der Waals surface area contributed by atoms with Crippen molar-refractivity contribution in [3.8, 4) is 0 Å². The molecule has 1 aliphatic heterocycles. The number of nitrogens with two attached hydrogens (primary N) is 1. The van der Waals surface area contributed by atoms with E-state index >= 15 is 0 Å². The van der Waals surface area contributed by atoms with Crippen LogP contribution in [0.15, 0.2) is 24.3 Å². The van der Waals surface area contributed by atoms with E-state index in [2.05, 4.69) is 11.8 Å². The molecule has 0 aromatic heterocycles. The number of likely N-dealkylation sites (tertiary alicyclic amines) is 1. The summed E-state index contributed by atoms with van der Waals surface area (Å²) in [5, 5.41) is 0. The van der Waals surface area contributed by atoms with Crippen molar-refractivity contribution in [1.82, 2.24) is 4.90 Å². The highest BCUT2D eigenvalue weighted by atomic mass is 16.5. The van der Waals surface area contributed by atoms with Crippen molar-refractivity contribution in [1.29, 1.82) is 0 Å². The van der Waals surface area contributed by atoms with Crippen molar-refractivity contribution in [2.45, 2.75) is 19.4 Å². The van der Waals surface area contributed by atoms with Crippen LogP contribution in [0.1, 0.15) is 23.7 Å². The van der Waals surface area contributed by atoms with Gasteiger partial charge in [-0.05, 0) is 37.2 Å². The molecule has 0 aliphatic carbocycles. The van der Waals surface area contributed by atoms with Gasteiger partial charge in [-0.1, -0.05) is 6.92 Å². The van der Waals surface area contributed by atoms with Crippen LogP contribution in [0.5, 0.6) is 0 Å². The number of carbonyl (C=O) groups excluding carboxylic acids is 1. The summed E-state index contributed by atoms with van der Waals surface area (Å²) in [5.41, 5.74) is 6.78. The third kappa shape index (κ3) is 2.97. The number of rotatable bonds is 3. The minimum atomic E-state index is -0.257. The van der Waals surface area contributed by atoms with Crippen LogP contribution in [-0.4, -0.2) is 36.6 Å². The van der Waals surface area contributed by atoms with Crippen LogP contribution in [0.2, 0.25) is 0 Å². The maximum Gasteiger partial charge on any atom is 0.338 e. The summed E-state index contributed by atoms with van der Waals surface area (Å²) in [7, 11) is 0. The Morgan fingerprint density at radius 2 is 2.18 bits per heavy atom. The Morgan fingerprint density at radius 1 is 1.47 bits per heavy atom. The summed E-state index contributed by atoms with van der Waals surface area (Å²) in [6.45, 7) is 4.98. The Hall–Kier alpha value is -1.55. The van der Waals surface area contributed by atoms with Crippen LogP contribution in [-0.2, 0) is 4.74 Å². The Labute approximate surface area is 101 Å². The summed E-state index contributed by atoms with van der Waals surface area (Å²) < 4.78 is 5.45. The predicted octanol–water partition coefficient (Wildman–Crippen LogP) is 1.52. The van der Waals surface area contributed by atoms with E-state index in [1.165, 1.54) is 0 Å². The molecule has 0 amide bonds. The van der Waals surface area contributed by atoms with E-state index in [1.807, 2.05) is 0 Å². The fraction of sp³-hybridized carbons (Fsp3) is 0.462. The molecule has 1 heterocycles. The van der Waals surface area contributed by atoms with Crippen LogP contribution in [0, 0.1) is 0 Å². The second-order valence-corrected chi connectivity index (χ2v) is 4.33. The first-order valence-corrected chi connectivity index (χ1v) is 5.98. The SMILES string of the molecule is CCN1CCC(OC(=O)c2ccc(N)cc2)C1. The normalized spacial score (nSPS) is 20.4. The zero-order valence-electron chi connectivity index (χ0n) is 10.1. The van der Waals surface area contributed by atoms with Crippen LogP contribution < -0.4 is 5.73 Å². The maximum atomic E-state index is 11.8. The van der Waals surface area contributed by atoms with Crippen LogP contribution in [0.4, 0.5) is 5.69 Å². The lowest BCUT2D eigenvalue weighted by Crippen LogP contribution is -2.24. The zero-order chi connectivity index (χ0) is 12.3. The lowest BCUT2D eigenvalue weighted by atomic mass is 10.2. The Morgan fingerprint density at radius 3 is 2.76 bits per heavy atom. The second-order valence-electron chi connectivity index (χ2n) is 4.33. The predicted molar refractivity (Wildman–Crippen MR) is 66.8 cm³/mol. The molecule has 1 atom stereocenters. The molecule has 0 bridgehead atoms. The van der Waals surface area contributed by atoms with E-state index < -0.39 is 0 Å². The summed E-state index contributed by atoms with van der Waals surface area (Å²) in [4.78, 5) is 14.1. The second kappa shape index (κ2) is 5.19. The summed E-state index contributed by atoms with van der Waals surface area (Å²) in [6, 6.07) is 6.82. The van der Waals surface area contributed by atoms with Crippen LogP contribution in [0.3, 0.4) is 0 Å². The van der Waals surface area contributed by atoms with Gasteiger partial charge in [-0.15, -0.1) is 0 Å². The molecule has 92 valence electrons. The van der Waals surface area contributed by atoms with Gasteiger partial charge in [-0.25, -0.2) is 4.79 Å². The highest BCUT2D eigenvalue weighted by Crippen LogP contribution is 2.15. The molecule has 1 fully saturated rings. The Balaban J connectivity index is 1.91. The fourth-order valence-electron chi connectivity index (χ4n) is 2.02. The van der Waals surface area contributed by atoms with Gasteiger partial charge in [0.15, 0.2) is 0 Å². The monoisotopic (exact) mass is 234 g/mol. The topological polar surface area (TPSA) is 55.6 Å². The van der Waals surface area contributed by atoms with Gasteiger partial charge in [0.1, 0.15) is 6.10 Å².